The third-order valence-electron chi connectivity index (χ3n) is 4.71. The van der Waals surface area contributed by atoms with Gasteiger partial charge in [-0.05, 0) is 47.4 Å². The zero-order chi connectivity index (χ0) is 20.2. The smallest absolute Gasteiger partial charge is 0.181 e. The van der Waals surface area contributed by atoms with E-state index >= 15 is 0 Å². The van der Waals surface area contributed by atoms with E-state index in [1.807, 2.05) is 36.4 Å². The van der Waals surface area contributed by atoms with Crippen LogP contribution in [0, 0.1) is 18.6 Å². The van der Waals surface area contributed by atoms with E-state index in [0.717, 1.165) is 33.6 Å². The van der Waals surface area contributed by atoms with Gasteiger partial charge in [0, 0.05) is 11.8 Å². The highest BCUT2D eigenvalue weighted by atomic mass is 19.1. The molecular weight excluding hydrogens is 370 g/mol. The van der Waals surface area contributed by atoms with Gasteiger partial charge in [-0.25, -0.2) is 13.8 Å². The zero-order valence-corrected chi connectivity index (χ0v) is 15.8. The van der Waals surface area contributed by atoms with E-state index in [0.29, 0.717) is 6.54 Å². The SMILES string of the molecule is Cc1ccc(-c2cnco2)cc1-c1ccc(CN=Cc2c(F)cccc2F)cc1. The van der Waals surface area contributed by atoms with Gasteiger partial charge in [0.2, 0.25) is 0 Å². The maximum atomic E-state index is 13.6. The highest BCUT2D eigenvalue weighted by Gasteiger charge is 2.08. The molecule has 4 rings (SSSR count). The highest BCUT2D eigenvalue weighted by molar-refractivity contribution is 5.80. The number of nitrogens with zero attached hydrogens (tertiary/aromatic N) is 2. The average Bonchev–Trinajstić information content (AvgIpc) is 3.26. The second-order valence-corrected chi connectivity index (χ2v) is 6.70. The summed E-state index contributed by atoms with van der Waals surface area (Å²) in [5, 5.41) is 0. The van der Waals surface area contributed by atoms with E-state index in [4.69, 9.17) is 4.42 Å². The van der Waals surface area contributed by atoms with Crippen LogP contribution in [0.3, 0.4) is 0 Å². The highest BCUT2D eigenvalue weighted by Crippen LogP contribution is 2.29. The summed E-state index contributed by atoms with van der Waals surface area (Å²) in [5.41, 5.74) is 5.10. The molecule has 0 saturated heterocycles. The number of aliphatic imine (C=N–C) groups is 1. The number of hydrogen-bond acceptors (Lipinski definition) is 3. The number of aryl methyl sites for hydroxylation is 1. The van der Waals surface area contributed by atoms with Gasteiger partial charge in [-0.1, -0.05) is 42.5 Å². The normalized spacial score (nSPS) is 11.3. The van der Waals surface area contributed by atoms with Crippen LogP contribution in [0.4, 0.5) is 8.78 Å². The topological polar surface area (TPSA) is 38.4 Å². The molecule has 0 unspecified atom stereocenters. The van der Waals surface area contributed by atoms with Crippen LogP contribution in [-0.4, -0.2) is 11.2 Å². The van der Waals surface area contributed by atoms with Crippen molar-refractivity contribution in [2.75, 3.05) is 0 Å². The average molecular weight is 388 g/mol. The lowest BCUT2D eigenvalue weighted by Gasteiger charge is -2.09. The number of halogens is 2. The number of hydrogen-bond donors (Lipinski definition) is 0. The Hall–Kier alpha value is -3.60. The molecular formula is C24H18F2N2O. The van der Waals surface area contributed by atoms with E-state index in [-0.39, 0.29) is 5.56 Å². The Morgan fingerprint density at radius 3 is 2.38 bits per heavy atom. The quantitative estimate of drug-likeness (QED) is 0.381. The molecule has 0 atom stereocenters. The molecule has 0 aliphatic rings. The van der Waals surface area contributed by atoms with E-state index in [1.165, 1.54) is 30.8 Å². The first-order valence-electron chi connectivity index (χ1n) is 9.14. The Balaban J connectivity index is 1.53. The molecule has 4 aromatic rings. The van der Waals surface area contributed by atoms with Gasteiger partial charge in [-0.15, -0.1) is 0 Å². The summed E-state index contributed by atoms with van der Waals surface area (Å²) in [6.45, 7) is 2.39. The molecule has 0 radical (unpaired) electrons. The fraction of sp³-hybridized carbons (Fsp3) is 0.0833. The molecule has 1 aromatic heterocycles. The summed E-state index contributed by atoms with van der Waals surface area (Å²) in [4.78, 5) is 8.15. The van der Waals surface area contributed by atoms with Crippen LogP contribution in [0.25, 0.3) is 22.5 Å². The molecule has 0 bridgehead atoms. The molecule has 0 spiro atoms. The van der Waals surface area contributed by atoms with Crippen LogP contribution < -0.4 is 0 Å². The molecule has 0 aliphatic carbocycles. The molecule has 29 heavy (non-hydrogen) atoms. The second-order valence-electron chi connectivity index (χ2n) is 6.70. The Morgan fingerprint density at radius 2 is 1.69 bits per heavy atom. The Morgan fingerprint density at radius 1 is 0.966 bits per heavy atom. The van der Waals surface area contributed by atoms with Gasteiger partial charge in [0.05, 0.1) is 18.3 Å². The van der Waals surface area contributed by atoms with Gasteiger partial charge in [0.15, 0.2) is 12.2 Å². The van der Waals surface area contributed by atoms with Crippen molar-refractivity contribution in [2.24, 2.45) is 4.99 Å². The number of benzene rings is 3. The van der Waals surface area contributed by atoms with E-state index in [1.54, 1.807) is 6.20 Å². The Kier molecular flexibility index (Phi) is 5.29. The Labute approximate surface area is 167 Å². The van der Waals surface area contributed by atoms with Gasteiger partial charge in [0.1, 0.15) is 11.6 Å². The largest absolute Gasteiger partial charge is 0.444 e. The summed E-state index contributed by atoms with van der Waals surface area (Å²) < 4.78 is 32.7. The van der Waals surface area contributed by atoms with Crippen molar-refractivity contribution in [3.8, 4) is 22.5 Å². The van der Waals surface area contributed by atoms with Crippen LogP contribution in [-0.2, 0) is 6.54 Å². The van der Waals surface area contributed by atoms with Crippen LogP contribution in [0.1, 0.15) is 16.7 Å². The number of aromatic nitrogens is 1. The van der Waals surface area contributed by atoms with Gasteiger partial charge in [-0.3, -0.25) is 4.99 Å². The predicted molar refractivity (Wildman–Crippen MR) is 110 cm³/mol. The van der Waals surface area contributed by atoms with Crippen molar-refractivity contribution in [3.05, 3.63) is 102 Å². The van der Waals surface area contributed by atoms with Gasteiger partial charge < -0.3 is 4.42 Å². The van der Waals surface area contributed by atoms with Crippen molar-refractivity contribution in [3.63, 3.8) is 0 Å². The summed E-state index contributed by atoms with van der Waals surface area (Å²) in [5.74, 6) is -0.519. The molecule has 0 fully saturated rings. The first-order chi connectivity index (χ1) is 14.1. The maximum Gasteiger partial charge on any atom is 0.181 e. The van der Waals surface area contributed by atoms with E-state index in [9.17, 15) is 8.78 Å². The molecule has 3 aromatic carbocycles. The number of rotatable bonds is 5. The lowest BCUT2D eigenvalue weighted by atomic mass is 9.96. The van der Waals surface area contributed by atoms with Crippen LogP contribution >= 0.6 is 0 Å². The zero-order valence-electron chi connectivity index (χ0n) is 15.8. The monoisotopic (exact) mass is 388 g/mol. The third-order valence-corrected chi connectivity index (χ3v) is 4.71. The van der Waals surface area contributed by atoms with Gasteiger partial charge >= 0.3 is 0 Å². The summed E-state index contributed by atoms with van der Waals surface area (Å²) in [6, 6.07) is 17.9. The van der Waals surface area contributed by atoms with Crippen LogP contribution in [0.5, 0.6) is 0 Å². The van der Waals surface area contributed by atoms with E-state index in [2.05, 4.69) is 23.0 Å². The van der Waals surface area contributed by atoms with Crippen molar-refractivity contribution >= 4 is 6.21 Å². The third kappa shape index (κ3) is 4.14. The first-order valence-corrected chi connectivity index (χ1v) is 9.14. The fourth-order valence-electron chi connectivity index (χ4n) is 3.11. The summed E-state index contributed by atoms with van der Waals surface area (Å²) >= 11 is 0. The predicted octanol–water partition coefficient (Wildman–Crippen LogP) is 6.21. The maximum absolute atomic E-state index is 13.6. The standard InChI is InChI=1S/C24H18F2N2O/c1-16-5-8-19(24-14-28-15-29-24)11-20(16)18-9-6-17(7-10-18)12-27-13-21-22(25)3-2-4-23(21)26/h2-11,13-15H,12H2,1H3. The Bertz CT molecular complexity index is 1130. The first kappa shape index (κ1) is 18.7. The second kappa shape index (κ2) is 8.19. The molecule has 0 amide bonds. The lowest BCUT2D eigenvalue weighted by molar-refractivity contribution is 0.572. The minimum absolute atomic E-state index is 0.121. The summed E-state index contributed by atoms with van der Waals surface area (Å²) in [6.07, 6.45) is 4.34. The minimum atomic E-state index is -0.619. The fourth-order valence-corrected chi connectivity index (χ4v) is 3.11. The van der Waals surface area contributed by atoms with Crippen molar-refractivity contribution in [1.29, 1.82) is 0 Å². The van der Waals surface area contributed by atoms with Gasteiger partial charge in [-0.2, -0.15) is 0 Å². The molecule has 5 heteroatoms. The van der Waals surface area contributed by atoms with Crippen molar-refractivity contribution in [2.45, 2.75) is 13.5 Å². The van der Waals surface area contributed by atoms with Crippen molar-refractivity contribution < 1.29 is 13.2 Å². The minimum Gasteiger partial charge on any atom is -0.444 e. The molecule has 144 valence electrons. The molecule has 0 saturated carbocycles. The van der Waals surface area contributed by atoms with Crippen molar-refractivity contribution in [1.82, 2.24) is 4.98 Å². The molecule has 3 nitrogen and oxygen atoms in total. The lowest BCUT2D eigenvalue weighted by Crippen LogP contribution is -1.94. The van der Waals surface area contributed by atoms with E-state index < -0.39 is 11.6 Å². The van der Waals surface area contributed by atoms with Crippen LogP contribution in [0.15, 0.2) is 82.7 Å². The molecule has 0 N–H and O–H groups in total. The molecule has 1 heterocycles. The molecule has 0 aliphatic heterocycles. The summed E-state index contributed by atoms with van der Waals surface area (Å²) in [7, 11) is 0. The van der Waals surface area contributed by atoms with Gasteiger partial charge in [0.25, 0.3) is 0 Å². The van der Waals surface area contributed by atoms with Crippen LogP contribution in [0.2, 0.25) is 0 Å². The number of oxazole rings is 1.